The van der Waals surface area contributed by atoms with Crippen molar-refractivity contribution >= 4 is 27.5 Å². The highest BCUT2D eigenvalue weighted by Gasteiger charge is 2.20. The van der Waals surface area contributed by atoms with Crippen molar-refractivity contribution in [3.8, 4) is 11.5 Å². The lowest BCUT2D eigenvalue weighted by Gasteiger charge is -2.25. The van der Waals surface area contributed by atoms with E-state index in [9.17, 15) is 0 Å². The van der Waals surface area contributed by atoms with Gasteiger partial charge in [0.2, 0.25) is 0 Å². The topological polar surface area (TPSA) is 18.5 Å². The number of benzene rings is 1. The molecule has 1 fully saturated rings. The molecule has 2 nitrogen and oxygen atoms in total. The third-order valence-corrected chi connectivity index (χ3v) is 4.06. The molecule has 1 aromatic carbocycles. The van der Waals surface area contributed by atoms with Crippen LogP contribution in [0.5, 0.6) is 11.5 Å². The minimum absolute atomic E-state index is 0.623. The van der Waals surface area contributed by atoms with Gasteiger partial charge in [-0.2, -0.15) is 0 Å². The third-order valence-electron chi connectivity index (χ3n) is 3.13. The van der Waals surface area contributed by atoms with Crippen molar-refractivity contribution in [1.29, 1.82) is 0 Å². The minimum atomic E-state index is 0.623. The molecule has 0 bridgehead atoms. The Morgan fingerprint density at radius 3 is 2.71 bits per heavy atom. The number of halogens is 2. The molecule has 0 heterocycles. The minimum Gasteiger partial charge on any atom is -0.493 e. The van der Waals surface area contributed by atoms with E-state index in [1.165, 1.54) is 19.3 Å². The van der Waals surface area contributed by atoms with Crippen molar-refractivity contribution in [2.45, 2.75) is 24.6 Å². The molecule has 0 unspecified atom stereocenters. The van der Waals surface area contributed by atoms with E-state index in [0.717, 1.165) is 17.5 Å². The molecule has 94 valence electrons. The van der Waals surface area contributed by atoms with Crippen LogP contribution in [0.25, 0.3) is 0 Å². The van der Waals surface area contributed by atoms with Gasteiger partial charge >= 0.3 is 0 Å². The molecule has 0 radical (unpaired) electrons. The average molecular weight is 320 g/mol. The average Bonchev–Trinajstić information content (AvgIpc) is 2.28. The molecule has 0 aromatic heterocycles. The van der Waals surface area contributed by atoms with Gasteiger partial charge in [-0.25, -0.2) is 0 Å². The van der Waals surface area contributed by atoms with Crippen molar-refractivity contribution in [2.24, 2.45) is 5.92 Å². The van der Waals surface area contributed by atoms with Gasteiger partial charge in [0.25, 0.3) is 0 Å². The molecule has 4 heteroatoms. The van der Waals surface area contributed by atoms with Crippen LogP contribution in [0.1, 0.15) is 24.8 Å². The monoisotopic (exact) mass is 318 g/mol. The van der Waals surface area contributed by atoms with Crippen LogP contribution in [-0.4, -0.2) is 13.7 Å². The van der Waals surface area contributed by atoms with E-state index in [1.54, 1.807) is 7.11 Å². The van der Waals surface area contributed by atoms with E-state index in [4.69, 9.17) is 21.1 Å². The summed E-state index contributed by atoms with van der Waals surface area (Å²) in [6.07, 6.45) is 3.85. The summed E-state index contributed by atoms with van der Waals surface area (Å²) in [5.74, 6) is 2.07. The Kier molecular flexibility index (Phi) is 4.57. The van der Waals surface area contributed by atoms with Crippen molar-refractivity contribution in [1.82, 2.24) is 0 Å². The molecule has 2 rings (SSSR count). The van der Waals surface area contributed by atoms with Crippen LogP contribution in [0.3, 0.4) is 0 Å². The summed E-state index contributed by atoms with van der Waals surface area (Å²) >= 11 is 9.62. The van der Waals surface area contributed by atoms with E-state index in [2.05, 4.69) is 15.9 Å². The van der Waals surface area contributed by atoms with Gasteiger partial charge in [-0.05, 0) is 36.5 Å². The quantitative estimate of drug-likeness (QED) is 0.748. The van der Waals surface area contributed by atoms with Crippen molar-refractivity contribution in [2.75, 3.05) is 13.7 Å². The lowest BCUT2D eigenvalue weighted by atomic mass is 9.86. The molecule has 1 aromatic rings. The highest BCUT2D eigenvalue weighted by molar-refractivity contribution is 9.08. The summed E-state index contributed by atoms with van der Waals surface area (Å²) in [5, 5.41) is 1.38. The summed E-state index contributed by atoms with van der Waals surface area (Å²) in [7, 11) is 1.64. The first kappa shape index (κ1) is 13.0. The Bertz CT molecular complexity index is 391. The van der Waals surface area contributed by atoms with Gasteiger partial charge in [-0.1, -0.05) is 34.0 Å². The van der Waals surface area contributed by atoms with E-state index in [0.29, 0.717) is 22.4 Å². The van der Waals surface area contributed by atoms with E-state index in [1.807, 2.05) is 12.1 Å². The van der Waals surface area contributed by atoms with Crippen LogP contribution >= 0.6 is 27.5 Å². The number of rotatable bonds is 5. The van der Waals surface area contributed by atoms with Crippen LogP contribution in [-0.2, 0) is 5.33 Å². The molecular weight excluding hydrogens is 303 g/mol. The summed E-state index contributed by atoms with van der Waals surface area (Å²) < 4.78 is 11.1. The largest absolute Gasteiger partial charge is 0.493 e. The molecule has 1 saturated carbocycles. The first-order chi connectivity index (χ1) is 8.24. The summed E-state index contributed by atoms with van der Waals surface area (Å²) in [6, 6.07) is 3.87. The van der Waals surface area contributed by atoms with E-state index < -0.39 is 0 Å². The Morgan fingerprint density at radius 2 is 2.18 bits per heavy atom. The van der Waals surface area contributed by atoms with Crippen molar-refractivity contribution in [3.05, 3.63) is 22.7 Å². The van der Waals surface area contributed by atoms with Crippen LogP contribution < -0.4 is 9.47 Å². The smallest absolute Gasteiger partial charge is 0.179 e. The maximum absolute atomic E-state index is 6.21. The highest BCUT2D eigenvalue weighted by Crippen LogP contribution is 2.38. The lowest BCUT2D eigenvalue weighted by Crippen LogP contribution is -2.19. The number of hydrogen-bond acceptors (Lipinski definition) is 2. The molecule has 17 heavy (non-hydrogen) atoms. The normalized spacial score (nSPS) is 15.5. The van der Waals surface area contributed by atoms with E-state index in [-0.39, 0.29) is 0 Å². The molecule has 0 spiro atoms. The number of alkyl halides is 1. The first-order valence-corrected chi connectivity index (χ1v) is 7.29. The second kappa shape index (κ2) is 5.96. The van der Waals surface area contributed by atoms with Crippen LogP contribution in [0, 0.1) is 5.92 Å². The third kappa shape index (κ3) is 3.08. The molecule has 0 atom stereocenters. The maximum atomic E-state index is 6.21. The Morgan fingerprint density at radius 1 is 1.41 bits per heavy atom. The van der Waals surface area contributed by atoms with Crippen LogP contribution in [0.4, 0.5) is 0 Å². The first-order valence-electron chi connectivity index (χ1n) is 5.79. The number of methoxy groups -OCH3 is 1. The van der Waals surface area contributed by atoms with Gasteiger partial charge in [0.15, 0.2) is 11.5 Å². The predicted molar refractivity (Wildman–Crippen MR) is 73.5 cm³/mol. The van der Waals surface area contributed by atoms with Gasteiger partial charge in [-0.3, -0.25) is 0 Å². The number of hydrogen-bond donors (Lipinski definition) is 0. The Balaban J connectivity index is 2.12. The van der Waals surface area contributed by atoms with Gasteiger partial charge < -0.3 is 9.47 Å². The standard InChI is InChI=1S/C13H16BrClO2/c1-16-12-6-10(7-14)5-11(15)13(12)17-8-9-3-2-4-9/h5-6,9H,2-4,7-8H2,1H3. The zero-order valence-electron chi connectivity index (χ0n) is 9.84. The molecule has 0 saturated heterocycles. The molecular formula is C13H16BrClO2. The Labute approximate surface area is 115 Å². The van der Waals surface area contributed by atoms with Crippen LogP contribution in [0.15, 0.2) is 12.1 Å². The zero-order valence-corrected chi connectivity index (χ0v) is 12.2. The van der Waals surface area contributed by atoms with Gasteiger partial charge in [0, 0.05) is 5.33 Å². The fourth-order valence-electron chi connectivity index (χ4n) is 1.85. The second-order valence-corrected chi connectivity index (χ2v) is 5.32. The zero-order chi connectivity index (χ0) is 12.3. The fraction of sp³-hybridized carbons (Fsp3) is 0.538. The van der Waals surface area contributed by atoms with Crippen molar-refractivity contribution < 1.29 is 9.47 Å². The highest BCUT2D eigenvalue weighted by atomic mass is 79.9. The van der Waals surface area contributed by atoms with Crippen molar-refractivity contribution in [3.63, 3.8) is 0 Å². The molecule has 0 aliphatic heterocycles. The maximum Gasteiger partial charge on any atom is 0.179 e. The number of ether oxygens (including phenoxy) is 2. The second-order valence-electron chi connectivity index (χ2n) is 4.35. The summed E-state index contributed by atoms with van der Waals surface area (Å²) in [6.45, 7) is 0.740. The predicted octanol–water partition coefficient (Wildman–Crippen LogP) is 4.42. The summed E-state index contributed by atoms with van der Waals surface area (Å²) in [5.41, 5.74) is 1.09. The Hall–Kier alpha value is -0.410. The lowest BCUT2D eigenvalue weighted by molar-refractivity contribution is 0.176. The van der Waals surface area contributed by atoms with Crippen LogP contribution in [0.2, 0.25) is 5.02 Å². The van der Waals surface area contributed by atoms with Gasteiger partial charge in [0.1, 0.15) is 0 Å². The molecule has 0 N–H and O–H groups in total. The molecule has 0 amide bonds. The SMILES string of the molecule is COc1cc(CBr)cc(Cl)c1OCC1CCC1. The fourth-order valence-corrected chi connectivity index (χ4v) is 2.46. The van der Waals surface area contributed by atoms with Gasteiger partial charge in [-0.15, -0.1) is 0 Å². The van der Waals surface area contributed by atoms with E-state index >= 15 is 0 Å². The molecule has 1 aliphatic carbocycles. The summed E-state index contributed by atoms with van der Waals surface area (Å²) in [4.78, 5) is 0. The molecule has 1 aliphatic rings. The van der Waals surface area contributed by atoms with Gasteiger partial charge in [0.05, 0.1) is 18.7 Å².